The number of benzene rings is 1. The van der Waals surface area contributed by atoms with E-state index in [-0.39, 0.29) is 6.42 Å². The van der Waals surface area contributed by atoms with E-state index in [4.69, 9.17) is 21.4 Å². The zero-order valence-electron chi connectivity index (χ0n) is 8.24. The van der Waals surface area contributed by atoms with E-state index in [0.29, 0.717) is 16.3 Å². The molecule has 0 aromatic heterocycles. The van der Waals surface area contributed by atoms with Crippen LogP contribution in [0.25, 0.3) is 0 Å². The molecule has 15 heavy (non-hydrogen) atoms. The van der Waals surface area contributed by atoms with Crippen molar-refractivity contribution in [3.8, 4) is 5.75 Å². The monoisotopic (exact) mass is 226 g/mol. The number of hydrogen-bond acceptors (Lipinski definition) is 2. The lowest BCUT2D eigenvalue weighted by Gasteiger charge is -2.05. The zero-order chi connectivity index (χ0) is 11.3. The maximum absolute atomic E-state index is 10.5. The highest BCUT2D eigenvalue weighted by Gasteiger charge is 2.05. The molecule has 0 unspecified atom stereocenters. The van der Waals surface area contributed by atoms with Crippen molar-refractivity contribution in [2.45, 2.75) is 13.3 Å². The minimum atomic E-state index is -0.880. The van der Waals surface area contributed by atoms with Crippen LogP contribution in [0.2, 0.25) is 5.02 Å². The van der Waals surface area contributed by atoms with Gasteiger partial charge in [0.1, 0.15) is 5.75 Å². The third-order valence-electron chi connectivity index (χ3n) is 1.68. The van der Waals surface area contributed by atoms with Gasteiger partial charge in [-0.2, -0.15) is 0 Å². The molecule has 0 spiro atoms. The highest BCUT2D eigenvalue weighted by Crippen LogP contribution is 2.25. The number of rotatable bonds is 4. The lowest BCUT2D eigenvalue weighted by atomic mass is 10.1. The minimum Gasteiger partial charge on any atom is -0.481 e. The number of hydrogen-bond donors (Lipinski definition) is 1. The second-order valence-corrected chi connectivity index (χ2v) is 3.33. The normalized spacial score (nSPS) is 10.5. The van der Waals surface area contributed by atoms with Crippen molar-refractivity contribution in [2.75, 3.05) is 0 Å². The van der Waals surface area contributed by atoms with Crippen molar-refractivity contribution >= 4 is 17.6 Å². The first-order chi connectivity index (χ1) is 7.13. The maximum Gasteiger partial charge on any atom is 0.307 e. The molecule has 0 aliphatic rings. The van der Waals surface area contributed by atoms with E-state index < -0.39 is 5.97 Å². The van der Waals surface area contributed by atoms with Crippen molar-refractivity contribution in [3.63, 3.8) is 0 Å². The molecular weight excluding hydrogens is 216 g/mol. The van der Waals surface area contributed by atoms with Gasteiger partial charge in [0.2, 0.25) is 0 Å². The second-order valence-electron chi connectivity index (χ2n) is 2.92. The fraction of sp³-hybridized carbons (Fsp3) is 0.182. The molecule has 0 atom stereocenters. The summed E-state index contributed by atoms with van der Waals surface area (Å²) >= 11 is 5.86. The van der Waals surface area contributed by atoms with E-state index in [0.717, 1.165) is 0 Å². The van der Waals surface area contributed by atoms with Crippen LogP contribution in [0, 0.1) is 0 Å². The molecule has 0 bridgehead atoms. The number of halogens is 1. The standard InChI is InChI=1S/C11H11ClO3/c1-2-5-15-10-6-8(7-11(13)14)3-4-9(10)12/h2-6H,7H2,1H3,(H,13,14)/b5-2-. The van der Waals surface area contributed by atoms with Crippen LogP contribution in [-0.4, -0.2) is 11.1 Å². The van der Waals surface area contributed by atoms with Gasteiger partial charge >= 0.3 is 5.97 Å². The molecule has 1 aromatic carbocycles. The SMILES string of the molecule is C/C=C\Oc1cc(CC(=O)O)ccc1Cl. The Balaban J connectivity index is 2.89. The van der Waals surface area contributed by atoms with Crippen LogP contribution in [-0.2, 0) is 11.2 Å². The maximum atomic E-state index is 10.5. The number of aliphatic carboxylic acids is 1. The molecule has 1 rings (SSSR count). The topological polar surface area (TPSA) is 46.5 Å². The van der Waals surface area contributed by atoms with E-state index in [9.17, 15) is 4.79 Å². The summed E-state index contributed by atoms with van der Waals surface area (Å²) in [5.74, 6) is -0.414. The van der Waals surface area contributed by atoms with Crippen molar-refractivity contribution in [3.05, 3.63) is 41.1 Å². The molecule has 1 N–H and O–H groups in total. The van der Waals surface area contributed by atoms with Crippen molar-refractivity contribution in [1.29, 1.82) is 0 Å². The molecular formula is C11H11ClO3. The molecule has 1 aromatic rings. The smallest absolute Gasteiger partial charge is 0.307 e. The predicted octanol–water partition coefficient (Wildman–Crippen LogP) is 2.88. The van der Waals surface area contributed by atoms with Crippen LogP contribution in [0.15, 0.2) is 30.5 Å². The van der Waals surface area contributed by atoms with Gasteiger partial charge in [-0.1, -0.05) is 23.7 Å². The molecule has 80 valence electrons. The zero-order valence-corrected chi connectivity index (χ0v) is 8.99. The third kappa shape index (κ3) is 3.64. The Morgan fingerprint density at radius 2 is 2.33 bits per heavy atom. The Hall–Kier alpha value is -1.48. The van der Waals surface area contributed by atoms with E-state index in [1.54, 1.807) is 24.3 Å². The second kappa shape index (κ2) is 5.41. The van der Waals surface area contributed by atoms with E-state index in [1.165, 1.54) is 6.26 Å². The van der Waals surface area contributed by atoms with E-state index >= 15 is 0 Å². The lowest BCUT2D eigenvalue weighted by molar-refractivity contribution is -0.136. The van der Waals surface area contributed by atoms with Gasteiger partial charge in [0.15, 0.2) is 0 Å². The van der Waals surface area contributed by atoms with Crippen molar-refractivity contribution in [1.82, 2.24) is 0 Å². The van der Waals surface area contributed by atoms with Gasteiger partial charge in [-0.3, -0.25) is 4.79 Å². The Labute approximate surface area is 92.9 Å². The van der Waals surface area contributed by atoms with E-state index in [1.807, 2.05) is 6.92 Å². The van der Waals surface area contributed by atoms with E-state index in [2.05, 4.69) is 0 Å². The highest BCUT2D eigenvalue weighted by molar-refractivity contribution is 6.32. The fourth-order valence-electron chi connectivity index (χ4n) is 1.06. The van der Waals surface area contributed by atoms with Gasteiger partial charge < -0.3 is 9.84 Å². The number of carboxylic acids is 1. The summed E-state index contributed by atoms with van der Waals surface area (Å²) in [7, 11) is 0. The average molecular weight is 227 g/mol. The van der Waals surface area contributed by atoms with Crippen LogP contribution in [0.3, 0.4) is 0 Å². The summed E-state index contributed by atoms with van der Waals surface area (Å²) in [6.07, 6.45) is 3.18. The Kier molecular flexibility index (Phi) is 4.18. The third-order valence-corrected chi connectivity index (χ3v) is 1.99. The summed E-state index contributed by atoms with van der Waals surface area (Å²) in [6, 6.07) is 4.91. The van der Waals surface area contributed by atoms with Gasteiger partial charge in [0.05, 0.1) is 17.7 Å². The van der Waals surface area contributed by atoms with Crippen LogP contribution in [0.1, 0.15) is 12.5 Å². The number of carbonyl (C=O) groups is 1. The molecule has 3 nitrogen and oxygen atoms in total. The number of ether oxygens (including phenoxy) is 1. The Morgan fingerprint density at radius 3 is 2.93 bits per heavy atom. The minimum absolute atomic E-state index is 0.0383. The molecule has 0 heterocycles. The summed E-state index contributed by atoms with van der Waals surface area (Å²) in [5.41, 5.74) is 0.659. The number of carboxylic acid groups (broad SMARTS) is 1. The molecule has 4 heteroatoms. The van der Waals surface area contributed by atoms with Gasteiger partial charge in [-0.15, -0.1) is 0 Å². The predicted molar refractivity (Wildman–Crippen MR) is 58.2 cm³/mol. The van der Waals surface area contributed by atoms with Gasteiger partial charge in [-0.05, 0) is 24.6 Å². The quantitative estimate of drug-likeness (QED) is 0.803. The Bertz CT molecular complexity index is 385. The summed E-state index contributed by atoms with van der Waals surface area (Å²) < 4.78 is 5.20. The first kappa shape index (κ1) is 11.6. The summed E-state index contributed by atoms with van der Waals surface area (Å²) in [6.45, 7) is 1.81. The molecule has 0 aliphatic heterocycles. The van der Waals surface area contributed by atoms with Crippen LogP contribution >= 0.6 is 11.6 Å². The van der Waals surface area contributed by atoms with Crippen LogP contribution in [0.5, 0.6) is 5.75 Å². The first-order valence-corrected chi connectivity index (χ1v) is 4.79. The largest absolute Gasteiger partial charge is 0.481 e. The van der Waals surface area contributed by atoms with Crippen LogP contribution in [0.4, 0.5) is 0 Å². The average Bonchev–Trinajstić information content (AvgIpc) is 2.18. The van der Waals surface area contributed by atoms with Gasteiger partial charge in [0, 0.05) is 0 Å². The highest BCUT2D eigenvalue weighted by atomic mass is 35.5. The molecule has 0 fully saturated rings. The summed E-state index contributed by atoms with van der Waals surface area (Å²) in [4.78, 5) is 10.5. The van der Waals surface area contributed by atoms with Crippen molar-refractivity contribution in [2.24, 2.45) is 0 Å². The Morgan fingerprint density at radius 1 is 1.60 bits per heavy atom. The van der Waals surface area contributed by atoms with Gasteiger partial charge in [-0.25, -0.2) is 0 Å². The first-order valence-electron chi connectivity index (χ1n) is 4.41. The molecule has 0 aliphatic carbocycles. The molecule has 0 radical (unpaired) electrons. The molecule has 0 saturated carbocycles. The van der Waals surface area contributed by atoms with Gasteiger partial charge in [0.25, 0.3) is 0 Å². The van der Waals surface area contributed by atoms with Crippen molar-refractivity contribution < 1.29 is 14.6 Å². The number of allylic oxidation sites excluding steroid dienone is 1. The lowest BCUT2D eigenvalue weighted by Crippen LogP contribution is -2.00. The molecule has 0 amide bonds. The van der Waals surface area contributed by atoms with Crippen LogP contribution < -0.4 is 4.74 Å². The molecule has 0 saturated heterocycles. The summed E-state index contributed by atoms with van der Waals surface area (Å²) in [5, 5.41) is 9.08. The fourth-order valence-corrected chi connectivity index (χ4v) is 1.23.